The topological polar surface area (TPSA) is 79.2 Å². The predicted octanol–water partition coefficient (Wildman–Crippen LogP) is 3.74. The van der Waals surface area contributed by atoms with Crippen LogP contribution >= 0.6 is 0 Å². The molecule has 0 saturated carbocycles. The summed E-state index contributed by atoms with van der Waals surface area (Å²) < 4.78 is 10.7. The number of aliphatic hydroxyl groups excluding tert-OH is 3. The molecule has 1 aliphatic rings. The lowest BCUT2D eigenvalue weighted by atomic mass is 10.1. The second-order valence-corrected chi connectivity index (χ2v) is 7.73. The third kappa shape index (κ3) is 11.9. The number of ether oxygens (including phenoxy) is 2. The molecular formula is C22H42O5. The summed E-state index contributed by atoms with van der Waals surface area (Å²) in [5.74, 6) is 0. The van der Waals surface area contributed by atoms with E-state index in [1.54, 1.807) is 0 Å². The molecular weight excluding hydrogens is 344 g/mol. The van der Waals surface area contributed by atoms with Crippen LogP contribution in [-0.2, 0) is 9.47 Å². The second-order valence-electron chi connectivity index (χ2n) is 7.73. The zero-order valence-corrected chi connectivity index (χ0v) is 17.2. The van der Waals surface area contributed by atoms with Crippen molar-refractivity contribution in [1.82, 2.24) is 0 Å². The van der Waals surface area contributed by atoms with Gasteiger partial charge in [0.15, 0.2) is 0 Å². The van der Waals surface area contributed by atoms with Crippen LogP contribution in [0.2, 0.25) is 0 Å². The SMILES string of the molecule is CCC/C=C/CCCCCCCCCCCOC[C@H](O)[C@@H]1OC[C@@H](O)[C@@H]1O. The van der Waals surface area contributed by atoms with E-state index in [9.17, 15) is 15.3 Å². The van der Waals surface area contributed by atoms with E-state index in [1.165, 1.54) is 64.2 Å². The largest absolute Gasteiger partial charge is 0.388 e. The lowest BCUT2D eigenvalue weighted by molar-refractivity contribution is -0.0813. The fraction of sp³-hybridized carbons (Fsp3) is 0.909. The van der Waals surface area contributed by atoms with E-state index >= 15 is 0 Å². The summed E-state index contributed by atoms with van der Waals surface area (Å²) in [6.45, 7) is 3.04. The fourth-order valence-corrected chi connectivity index (χ4v) is 3.37. The molecule has 5 nitrogen and oxygen atoms in total. The van der Waals surface area contributed by atoms with Crippen LogP contribution in [0.3, 0.4) is 0 Å². The van der Waals surface area contributed by atoms with Gasteiger partial charge in [0.05, 0.1) is 13.2 Å². The first-order valence-corrected chi connectivity index (χ1v) is 11.0. The lowest BCUT2D eigenvalue weighted by Crippen LogP contribution is -2.40. The van der Waals surface area contributed by atoms with E-state index in [0.717, 1.165) is 12.8 Å². The lowest BCUT2D eigenvalue weighted by Gasteiger charge is -2.20. The van der Waals surface area contributed by atoms with Gasteiger partial charge in [-0.3, -0.25) is 0 Å². The molecule has 5 heteroatoms. The second kappa shape index (κ2) is 16.5. The summed E-state index contributed by atoms with van der Waals surface area (Å²) >= 11 is 0. The van der Waals surface area contributed by atoms with Gasteiger partial charge in [-0.05, 0) is 25.7 Å². The molecule has 3 N–H and O–H groups in total. The number of rotatable bonds is 17. The molecule has 0 bridgehead atoms. The van der Waals surface area contributed by atoms with Gasteiger partial charge >= 0.3 is 0 Å². The fourth-order valence-electron chi connectivity index (χ4n) is 3.37. The van der Waals surface area contributed by atoms with E-state index in [-0.39, 0.29) is 13.2 Å². The van der Waals surface area contributed by atoms with Crippen LogP contribution in [-0.4, -0.2) is 59.6 Å². The minimum Gasteiger partial charge on any atom is -0.388 e. The Kier molecular flexibility index (Phi) is 15.0. The Balaban J connectivity index is 1.79. The van der Waals surface area contributed by atoms with Crippen molar-refractivity contribution in [3.63, 3.8) is 0 Å². The summed E-state index contributed by atoms with van der Waals surface area (Å²) in [5, 5.41) is 29.0. The highest BCUT2D eigenvalue weighted by molar-refractivity contribution is 4.87. The normalized spacial score (nSPS) is 24.1. The standard InChI is InChI=1S/C22H42O5/c1-2-3-4-5-6-7-8-9-10-11-12-13-14-15-16-26-17-20(24)22-21(25)19(23)18-27-22/h4-5,19-25H,2-3,6-18H2,1H3/b5-4+/t19-,20+,21+,22+/m1/s1. The molecule has 0 unspecified atom stereocenters. The number of hydrogen-bond donors (Lipinski definition) is 3. The van der Waals surface area contributed by atoms with Crippen LogP contribution in [0.15, 0.2) is 12.2 Å². The molecule has 0 aliphatic carbocycles. The van der Waals surface area contributed by atoms with E-state index in [0.29, 0.717) is 6.61 Å². The van der Waals surface area contributed by atoms with Gasteiger partial charge in [0.2, 0.25) is 0 Å². The molecule has 1 rings (SSSR count). The van der Waals surface area contributed by atoms with Crippen LogP contribution < -0.4 is 0 Å². The summed E-state index contributed by atoms with van der Waals surface area (Å²) in [4.78, 5) is 0. The van der Waals surface area contributed by atoms with Crippen LogP contribution in [0.5, 0.6) is 0 Å². The molecule has 1 heterocycles. The van der Waals surface area contributed by atoms with Crippen LogP contribution in [0.25, 0.3) is 0 Å². The number of allylic oxidation sites excluding steroid dienone is 2. The molecule has 1 saturated heterocycles. The minimum absolute atomic E-state index is 0.0684. The van der Waals surface area contributed by atoms with Crippen LogP contribution in [0, 0.1) is 0 Å². The molecule has 0 amide bonds. The molecule has 0 aromatic heterocycles. The quantitative estimate of drug-likeness (QED) is 0.262. The van der Waals surface area contributed by atoms with E-state index in [4.69, 9.17) is 9.47 Å². The number of hydrogen-bond acceptors (Lipinski definition) is 5. The molecule has 1 fully saturated rings. The number of unbranched alkanes of at least 4 members (excludes halogenated alkanes) is 10. The van der Waals surface area contributed by atoms with Crippen molar-refractivity contribution < 1.29 is 24.8 Å². The third-order valence-electron chi connectivity index (χ3n) is 5.14. The summed E-state index contributed by atoms with van der Waals surface area (Å²) in [6.07, 6.45) is 16.1. The number of aliphatic hydroxyl groups is 3. The minimum atomic E-state index is -1.03. The smallest absolute Gasteiger partial charge is 0.114 e. The average Bonchev–Trinajstić information content (AvgIpc) is 3.00. The first-order valence-electron chi connectivity index (χ1n) is 11.0. The van der Waals surface area contributed by atoms with Crippen molar-refractivity contribution >= 4 is 0 Å². The molecule has 0 radical (unpaired) electrons. The van der Waals surface area contributed by atoms with E-state index < -0.39 is 24.4 Å². The molecule has 1 aliphatic heterocycles. The molecule has 0 aromatic rings. The van der Waals surface area contributed by atoms with Gasteiger partial charge in [0, 0.05) is 6.61 Å². The first-order chi connectivity index (χ1) is 13.2. The Morgan fingerprint density at radius 2 is 1.52 bits per heavy atom. The van der Waals surface area contributed by atoms with Crippen LogP contribution in [0.1, 0.15) is 84.0 Å². The zero-order chi connectivity index (χ0) is 19.7. The van der Waals surface area contributed by atoms with Crippen molar-refractivity contribution in [1.29, 1.82) is 0 Å². The van der Waals surface area contributed by atoms with Gasteiger partial charge in [-0.2, -0.15) is 0 Å². The third-order valence-corrected chi connectivity index (χ3v) is 5.14. The van der Waals surface area contributed by atoms with Gasteiger partial charge in [-0.25, -0.2) is 0 Å². The van der Waals surface area contributed by atoms with Gasteiger partial charge in [0.25, 0.3) is 0 Å². The van der Waals surface area contributed by atoms with Crippen molar-refractivity contribution in [2.45, 2.75) is 108 Å². The molecule has 0 spiro atoms. The predicted molar refractivity (Wildman–Crippen MR) is 109 cm³/mol. The monoisotopic (exact) mass is 386 g/mol. The van der Waals surface area contributed by atoms with Crippen molar-refractivity contribution in [2.75, 3.05) is 19.8 Å². The molecule has 160 valence electrons. The maximum atomic E-state index is 9.93. The Labute approximate surface area is 165 Å². The Morgan fingerprint density at radius 3 is 2.11 bits per heavy atom. The van der Waals surface area contributed by atoms with Crippen molar-refractivity contribution in [2.24, 2.45) is 0 Å². The Hall–Kier alpha value is -0.460. The maximum absolute atomic E-state index is 9.93. The summed E-state index contributed by atoms with van der Waals surface area (Å²) in [6, 6.07) is 0. The van der Waals surface area contributed by atoms with Crippen molar-refractivity contribution in [3.05, 3.63) is 12.2 Å². The van der Waals surface area contributed by atoms with Crippen LogP contribution in [0.4, 0.5) is 0 Å². The van der Waals surface area contributed by atoms with Gasteiger partial charge in [-0.15, -0.1) is 0 Å². The maximum Gasteiger partial charge on any atom is 0.114 e. The highest BCUT2D eigenvalue weighted by atomic mass is 16.5. The average molecular weight is 387 g/mol. The summed E-state index contributed by atoms with van der Waals surface area (Å²) in [5.41, 5.74) is 0. The first kappa shape index (κ1) is 24.6. The van der Waals surface area contributed by atoms with Gasteiger partial charge in [0.1, 0.15) is 24.4 Å². The highest BCUT2D eigenvalue weighted by Gasteiger charge is 2.39. The molecule has 4 atom stereocenters. The van der Waals surface area contributed by atoms with Gasteiger partial charge < -0.3 is 24.8 Å². The summed E-state index contributed by atoms with van der Waals surface area (Å²) in [7, 11) is 0. The van der Waals surface area contributed by atoms with Crippen molar-refractivity contribution in [3.8, 4) is 0 Å². The Morgan fingerprint density at radius 1 is 0.926 bits per heavy atom. The Bertz CT molecular complexity index is 361. The van der Waals surface area contributed by atoms with E-state index in [2.05, 4.69) is 19.1 Å². The van der Waals surface area contributed by atoms with E-state index in [1.807, 2.05) is 0 Å². The van der Waals surface area contributed by atoms with Gasteiger partial charge in [-0.1, -0.05) is 70.4 Å². The molecule has 0 aromatic carbocycles. The molecule has 27 heavy (non-hydrogen) atoms. The highest BCUT2D eigenvalue weighted by Crippen LogP contribution is 2.18. The zero-order valence-electron chi connectivity index (χ0n) is 17.2.